The van der Waals surface area contributed by atoms with Crippen LogP contribution in [0.3, 0.4) is 0 Å². The maximum Gasteiger partial charge on any atom is 0.155 e. The number of ketones is 1. The molecule has 0 radical (unpaired) electrons. The Morgan fingerprint density at radius 2 is 2.33 bits per heavy atom. The van der Waals surface area contributed by atoms with Crippen LogP contribution in [-0.4, -0.2) is 22.2 Å². The van der Waals surface area contributed by atoms with Crippen molar-refractivity contribution >= 4 is 39.7 Å². The minimum absolute atomic E-state index is 0. The van der Waals surface area contributed by atoms with Crippen molar-refractivity contribution in [3.05, 3.63) is 0 Å². The van der Waals surface area contributed by atoms with Gasteiger partial charge in [-0.1, -0.05) is 11.8 Å². The van der Waals surface area contributed by atoms with Gasteiger partial charge < -0.3 is 5.73 Å². The molecule has 0 aromatic rings. The molecule has 0 spiro atoms. The number of thioether (sulfide) groups is 1. The predicted octanol–water partition coefficient (Wildman–Crippen LogP) is 1.12. The van der Waals surface area contributed by atoms with Crippen molar-refractivity contribution in [3.63, 3.8) is 0 Å². The molecule has 1 aliphatic carbocycles. The van der Waals surface area contributed by atoms with E-state index in [-0.39, 0.29) is 28.3 Å². The van der Waals surface area contributed by atoms with Crippen LogP contribution in [0.5, 0.6) is 0 Å². The fourth-order valence-electron chi connectivity index (χ4n) is 1.59. The number of carbonyl (C=O) groups excluding carboxylic acids is 1. The second kappa shape index (κ2) is 3.79. The first-order valence-electron chi connectivity index (χ1n) is 3.80. The Morgan fingerprint density at radius 1 is 1.58 bits per heavy atom. The summed E-state index contributed by atoms with van der Waals surface area (Å²) in [5.41, 5.74) is 5.52. The van der Waals surface area contributed by atoms with Crippen molar-refractivity contribution in [2.45, 2.75) is 30.6 Å². The van der Waals surface area contributed by atoms with Gasteiger partial charge in [0.25, 0.3) is 0 Å². The van der Waals surface area contributed by atoms with E-state index in [4.69, 9.17) is 5.73 Å². The Kier molecular flexibility index (Phi) is 3.17. The highest BCUT2D eigenvalue weighted by Gasteiger charge is 2.36. The van der Waals surface area contributed by atoms with Crippen molar-refractivity contribution in [2.24, 2.45) is 10.7 Å². The number of amidine groups is 1. The van der Waals surface area contributed by atoms with E-state index in [1.807, 2.05) is 0 Å². The number of aliphatic imine (C=N–C) groups is 1. The minimum Gasteiger partial charge on any atom is -0.379 e. The number of hydrogen-bond acceptors (Lipinski definition) is 4. The molecule has 3 nitrogen and oxygen atoms in total. The molecule has 2 N–H and O–H groups in total. The third-order valence-electron chi connectivity index (χ3n) is 2.13. The number of hydrogen-bond donors (Lipinski definition) is 1. The summed E-state index contributed by atoms with van der Waals surface area (Å²) in [5, 5.41) is 0.652. The van der Waals surface area contributed by atoms with Crippen LogP contribution in [0.1, 0.15) is 19.3 Å². The SMILES string of the molecule is Br.NC1=NC2CCCC(=O)C2S1. The lowest BCUT2D eigenvalue weighted by atomic mass is 9.94. The van der Waals surface area contributed by atoms with Crippen LogP contribution in [0.15, 0.2) is 4.99 Å². The van der Waals surface area contributed by atoms with Gasteiger partial charge in [0.05, 0.1) is 11.3 Å². The number of halogens is 1. The van der Waals surface area contributed by atoms with Gasteiger partial charge in [0.1, 0.15) is 5.78 Å². The van der Waals surface area contributed by atoms with E-state index in [9.17, 15) is 4.79 Å². The van der Waals surface area contributed by atoms with Crippen LogP contribution in [0.2, 0.25) is 0 Å². The largest absolute Gasteiger partial charge is 0.379 e. The molecule has 2 rings (SSSR count). The number of Topliss-reactive ketones (excluding diaryl/α,β-unsaturated/α-hetero) is 1. The third kappa shape index (κ3) is 1.66. The Balaban J connectivity index is 0.000000720. The first kappa shape index (κ1) is 10.1. The zero-order valence-corrected chi connectivity index (χ0v) is 9.05. The fourth-order valence-corrected chi connectivity index (χ4v) is 2.65. The Hall–Kier alpha value is -0.0300. The zero-order valence-electron chi connectivity index (χ0n) is 6.53. The molecule has 68 valence electrons. The molecule has 0 aromatic carbocycles. The van der Waals surface area contributed by atoms with Gasteiger partial charge in [-0.2, -0.15) is 0 Å². The molecule has 0 saturated heterocycles. The lowest BCUT2D eigenvalue weighted by molar-refractivity contribution is -0.119. The molecule has 12 heavy (non-hydrogen) atoms. The van der Waals surface area contributed by atoms with E-state index >= 15 is 0 Å². The van der Waals surface area contributed by atoms with Crippen LogP contribution >= 0.6 is 28.7 Å². The number of nitrogens with zero attached hydrogens (tertiary/aromatic N) is 1. The van der Waals surface area contributed by atoms with E-state index < -0.39 is 0 Å². The van der Waals surface area contributed by atoms with Crippen LogP contribution in [-0.2, 0) is 4.79 Å². The quantitative estimate of drug-likeness (QED) is 0.701. The zero-order chi connectivity index (χ0) is 7.84. The van der Waals surface area contributed by atoms with Gasteiger partial charge in [-0.3, -0.25) is 9.79 Å². The van der Waals surface area contributed by atoms with E-state index in [1.165, 1.54) is 11.8 Å². The summed E-state index contributed by atoms with van der Waals surface area (Å²) in [5.74, 6) is 0.329. The van der Waals surface area contributed by atoms with Gasteiger partial charge >= 0.3 is 0 Å². The van der Waals surface area contributed by atoms with Crippen LogP contribution in [0, 0.1) is 0 Å². The van der Waals surface area contributed by atoms with Crippen LogP contribution in [0.4, 0.5) is 0 Å². The summed E-state index contributed by atoms with van der Waals surface area (Å²) in [6.45, 7) is 0. The summed E-state index contributed by atoms with van der Waals surface area (Å²) >= 11 is 1.44. The number of carbonyl (C=O) groups is 1. The molecule has 1 fully saturated rings. The molecule has 2 aliphatic rings. The summed E-state index contributed by atoms with van der Waals surface area (Å²) in [4.78, 5) is 15.5. The first-order valence-corrected chi connectivity index (χ1v) is 4.68. The van der Waals surface area contributed by atoms with Crippen molar-refractivity contribution < 1.29 is 4.79 Å². The summed E-state index contributed by atoms with van der Waals surface area (Å²) in [7, 11) is 0. The molecule has 5 heteroatoms. The van der Waals surface area contributed by atoms with E-state index in [0.29, 0.717) is 11.0 Å². The number of fused-ring (bicyclic) bond motifs is 1. The van der Waals surface area contributed by atoms with Crippen molar-refractivity contribution in [1.82, 2.24) is 0 Å². The third-order valence-corrected chi connectivity index (χ3v) is 3.31. The van der Waals surface area contributed by atoms with Gasteiger partial charge in [0.2, 0.25) is 0 Å². The highest BCUT2D eigenvalue weighted by Crippen LogP contribution is 2.33. The van der Waals surface area contributed by atoms with Crippen molar-refractivity contribution in [2.75, 3.05) is 0 Å². The van der Waals surface area contributed by atoms with Gasteiger partial charge in [-0.05, 0) is 12.8 Å². The average molecular weight is 251 g/mol. The molecule has 2 atom stereocenters. The van der Waals surface area contributed by atoms with Gasteiger partial charge in [0, 0.05) is 6.42 Å². The van der Waals surface area contributed by atoms with E-state index in [0.717, 1.165) is 19.3 Å². The fraction of sp³-hybridized carbons (Fsp3) is 0.714. The van der Waals surface area contributed by atoms with Gasteiger partial charge in [-0.15, -0.1) is 17.0 Å². The predicted molar refractivity (Wildman–Crippen MR) is 56.0 cm³/mol. The second-order valence-electron chi connectivity index (χ2n) is 2.93. The Morgan fingerprint density at radius 3 is 3.00 bits per heavy atom. The Labute approximate surface area is 85.9 Å². The molecule has 2 unspecified atom stereocenters. The molecular formula is C7H11BrN2OS. The van der Waals surface area contributed by atoms with Crippen molar-refractivity contribution in [3.8, 4) is 0 Å². The van der Waals surface area contributed by atoms with Gasteiger partial charge in [0.15, 0.2) is 5.17 Å². The molecule has 1 aliphatic heterocycles. The summed E-state index contributed by atoms with van der Waals surface area (Å²) in [6, 6.07) is 0.196. The van der Waals surface area contributed by atoms with E-state index in [2.05, 4.69) is 4.99 Å². The molecular weight excluding hydrogens is 240 g/mol. The lowest BCUT2D eigenvalue weighted by Crippen LogP contribution is -2.31. The van der Waals surface area contributed by atoms with E-state index in [1.54, 1.807) is 0 Å². The smallest absolute Gasteiger partial charge is 0.155 e. The second-order valence-corrected chi connectivity index (χ2v) is 4.09. The topological polar surface area (TPSA) is 55.4 Å². The highest BCUT2D eigenvalue weighted by molar-refractivity contribution is 8.93. The monoisotopic (exact) mass is 250 g/mol. The van der Waals surface area contributed by atoms with Crippen LogP contribution in [0.25, 0.3) is 0 Å². The first-order chi connectivity index (χ1) is 5.27. The normalized spacial score (nSPS) is 33.7. The molecule has 0 amide bonds. The number of nitrogens with two attached hydrogens (primary N) is 1. The molecule has 1 heterocycles. The Bertz CT molecular complexity index is 231. The molecule has 0 aromatic heterocycles. The maximum atomic E-state index is 11.3. The van der Waals surface area contributed by atoms with Crippen LogP contribution < -0.4 is 5.73 Å². The lowest BCUT2D eigenvalue weighted by Gasteiger charge is -2.20. The highest BCUT2D eigenvalue weighted by atomic mass is 79.9. The average Bonchev–Trinajstić information content (AvgIpc) is 2.31. The standard InChI is InChI=1S/C7H10N2OS.BrH/c8-7-9-4-2-1-3-5(10)6(4)11-7;/h4,6H,1-3H2,(H2,8,9);1H. The number of rotatable bonds is 0. The van der Waals surface area contributed by atoms with Crippen molar-refractivity contribution in [1.29, 1.82) is 0 Å². The molecule has 0 bridgehead atoms. The summed E-state index contributed by atoms with van der Waals surface area (Å²) in [6.07, 6.45) is 2.73. The summed E-state index contributed by atoms with van der Waals surface area (Å²) < 4.78 is 0. The maximum absolute atomic E-state index is 11.3. The van der Waals surface area contributed by atoms with Gasteiger partial charge in [-0.25, -0.2) is 0 Å². The molecule has 1 saturated carbocycles. The minimum atomic E-state index is 0.